The van der Waals surface area contributed by atoms with Crippen LogP contribution in [0.1, 0.15) is 52.5 Å². The zero-order valence-electron chi connectivity index (χ0n) is 17.6. The maximum absolute atomic E-state index is 6.19. The zero-order chi connectivity index (χ0) is 20.4. The smallest absolute Gasteiger partial charge is 0.203 e. The Morgan fingerprint density at radius 1 is 0.786 bits per heavy atom. The van der Waals surface area contributed by atoms with Gasteiger partial charge < -0.3 is 14.2 Å². The molecule has 28 heavy (non-hydrogen) atoms. The van der Waals surface area contributed by atoms with Gasteiger partial charge in [0.1, 0.15) is 9.52 Å². The van der Waals surface area contributed by atoms with Gasteiger partial charge in [0.2, 0.25) is 5.75 Å². The van der Waals surface area contributed by atoms with Crippen molar-refractivity contribution in [1.82, 2.24) is 0 Å². The van der Waals surface area contributed by atoms with Crippen molar-refractivity contribution in [2.75, 3.05) is 19.8 Å². The molecule has 0 spiro atoms. The topological polar surface area (TPSA) is 27.7 Å². The second kappa shape index (κ2) is 11.6. The quantitative estimate of drug-likeness (QED) is 0.485. The van der Waals surface area contributed by atoms with E-state index in [-0.39, 0.29) is 0 Å². The lowest BCUT2D eigenvalue weighted by molar-refractivity contribution is 0.244. The van der Waals surface area contributed by atoms with Crippen molar-refractivity contribution in [3.05, 3.63) is 48.5 Å². The van der Waals surface area contributed by atoms with Crippen LogP contribution >= 0.6 is 0 Å². The van der Waals surface area contributed by atoms with Crippen LogP contribution in [-0.4, -0.2) is 29.3 Å². The monoisotopic (exact) mass is 396 g/mol. The maximum atomic E-state index is 6.19. The number of hydrogen-bond donors (Lipinski definition) is 0. The number of hydrogen-bond acceptors (Lipinski definition) is 3. The molecule has 0 aliphatic rings. The van der Waals surface area contributed by atoms with Gasteiger partial charge in [-0.25, -0.2) is 0 Å². The van der Waals surface area contributed by atoms with Gasteiger partial charge in [-0.1, -0.05) is 68.4 Å². The van der Waals surface area contributed by atoms with Gasteiger partial charge in [0.05, 0.1) is 19.8 Å². The van der Waals surface area contributed by atoms with E-state index in [1.54, 1.807) is 0 Å². The molecule has 0 atom stereocenters. The van der Waals surface area contributed by atoms with Gasteiger partial charge in [0, 0.05) is 0 Å². The van der Waals surface area contributed by atoms with Gasteiger partial charge >= 0.3 is 0 Å². The molecule has 0 aromatic heterocycles. The minimum Gasteiger partial charge on any atom is -0.490 e. The number of rotatable bonds is 12. The van der Waals surface area contributed by atoms with Crippen molar-refractivity contribution < 1.29 is 14.2 Å². The van der Waals surface area contributed by atoms with Gasteiger partial charge in [-0.3, -0.25) is 0 Å². The van der Waals surface area contributed by atoms with Gasteiger partial charge in [0.15, 0.2) is 11.5 Å². The van der Waals surface area contributed by atoms with E-state index < -0.39 is 0 Å². The fourth-order valence-corrected chi connectivity index (χ4v) is 4.13. The highest BCUT2D eigenvalue weighted by molar-refractivity contribution is 6.69. The number of benzene rings is 2. The predicted molar refractivity (Wildman–Crippen MR) is 120 cm³/mol. The van der Waals surface area contributed by atoms with Crippen molar-refractivity contribution >= 4 is 25.5 Å². The highest BCUT2D eigenvalue weighted by Crippen LogP contribution is 2.36. The Hall–Kier alpha value is -2.20. The molecule has 0 amide bonds. The first kappa shape index (κ1) is 22.1. The van der Waals surface area contributed by atoms with Crippen molar-refractivity contribution in [2.45, 2.75) is 47.0 Å². The Morgan fingerprint density at radius 2 is 1.39 bits per heavy atom. The summed E-state index contributed by atoms with van der Waals surface area (Å²) in [5, 5.41) is 2.40. The van der Waals surface area contributed by atoms with Crippen LogP contribution in [0.3, 0.4) is 0 Å². The number of ether oxygens (including phenoxy) is 3. The standard InChI is InChI=1S/C24H32O3Si/c1-6-15-25-20-13-14-22(24(27-17-8-3)23(20)26-16-7-2)28-21-12-10-9-11-19(21)18(4)5/h9-14H,4,6-8,15-17H2,1-3,5H3. The Balaban J connectivity index is 2.48. The summed E-state index contributed by atoms with van der Waals surface area (Å²) in [6.45, 7) is 14.5. The van der Waals surface area contributed by atoms with E-state index in [1.807, 2.05) is 6.07 Å². The van der Waals surface area contributed by atoms with Crippen LogP contribution in [0.2, 0.25) is 0 Å². The van der Waals surface area contributed by atoms with Crippen LogP contribution < -0.4 is 24.6 Å². The summed E-state index contributed by atoms with van der Waals surface area (Å²) in [4.78, 5) is 0. The molecule has 0 aliphatic carbocycles. The first-order chi connectivity index (χ1) is 13.6. The normalized spacial score (nSPS) is 10.6. The van der Waals surface area contributed by atoms with E-state index in [2.05, 4.69) is 64.6 Å². The van der Waals surface area contributed by atoms with Gasteiger partial charge in [-0.15, -0.1) is 0 Å². The summed E-state index contributed by atoms with van der Waals surface area (Å²) in [6.07, 6.45) is 2.83. The summed E-state index contributed by atoms with van der Waals surface area (Å²) in [7, 11) is 0.457. The van der Waals surface area contributed by atoms with Crippen LogP contribution in [-0.2, 0) is 0 Å². The van der Waals surface area contributed by atoms with Crippen LogP contribution in [0, 0.1) is 0 Å². The average molecular weight is 397 g/mol. The first-order valence-electron chi connectivity index (χ1n) is 10.2. The summed E-state index contributed by atoms with van der Waals surface area (Å²) in [5.74, 6) is 2.32. The molecule has 0 fully saturated rings. The maximum Gasteiger partial charge on any atom is 0.203 e. The van der Waals surface area contributed by atoms with E-state index >= 15 is 0 Å². The first-order valence-corrected chi connectivity index (χ1v) is 11.2. The lowest BCUT2D eigenvalue weighted by atomic mass is 10.1. The Bertz CT molecular complexity index is 770. The predicted octanol–water partition coefficient (Wildman–Crippen LogP) is 4.74. The summed E-state index contributed by atoms with van der Waals surface area (Å²) >= 11 is 0. The van der Waals surface area contributed by atoms with Gasteiger partial charge in [-0.05, 0) is 43.0 Å². The zero-order valence-corrected chi connectivity index (χ0v) is 18.6. The molecule has 0 bridgehead atoms. The van der Waals surface area contributed by atoms with E-state index in [9.17, 15) is 0 Å². The molecular weight excluding hydrogens is 364 g/mol. The molecule has 0 unspecified atom stereocenters. The Kier molecular flexibility index (Phi) is 9.15. The molecule has 150 valence electrons. The van der Waals surface area contributed by atoms with Crippen LogP contribution in [0.4, 0.5) is 0 Å². The summed E-state index contributed by atoms with van der Waals surface area (Å²) < 4.78 is 18.2. The molecule has 2 aromatic rings. The fraction of sp³-hybridized carbons (Fsp3) is 0.417. The van der Waals surface area contributed by atoms with E-state index in [4.69, 9.17) is 14.2 Å². The molecule has 3 nitrogen and oxygen atoms in total. The largest absolute Gasteiger partial charge is 0.490 e. The van der Waals surface area contributed by atoms with E-state index in [0.29, 0.717) is 29.3 Å². The summed E-state index contributed by atoms with van der Waals surface area (Å²) in [5.41, 5.74) is 2.27. The third kappa shape index (κ3) is 5.90. The summed E-state index contributed by atoms with van der Waals surface area (Å²) in [6, 6.07) is 12.6. The Labute approximate surface area is 172 Å². The molecule has 2 radical (unpaired) electrons. The van der Waals surface area contributed by atoms with Gasteiger partial charge in [-0.2, -0.15) is 0 Å². The second-order valence-corrected chi connectivity index (χ2v) is 8.09. The van der Waals surface area contributed by atoms with Crippen LogP contribution in [0.5, 0.6) is 17.2 Å². The van der Waals surface area contributed by atoms with Crippen molar-refractivity contribution in [3.63, 3.8) is 0 Å². The molecule has 0 heterocycles. The van der Waals surface area contributed by atoms with Crippen LogP contribution in [0.25, 0.3) is 5.57 Å². The van der Waals surface area contributed by atoms with Crippen molar-refractivity contribution in [1.29, 1.82) is 0 Å². The van der Waals surface area contributed by atoms with E-state index in [1.165, 1.54) is 10.8 Å². The third-order valence-electron chi connectivity index (χ3n) is 4.09. The molecule has 0 N–H and O–H groups in total. The highest BCUT2D eigenvalue weighted by atomic mass is 28.2. The molecular formula is C24H32O3Si. The van der Waals surface area contributed by atoms with Crippen molar-refractivity contribution in [2.24, 2.45) is 0 Å². The van der Waals surface area contributed by atoms with Crippen LogP contribution in [0.15, 0.2) is 43.0 Å². The average Bonchev–Trinajstić information content (AvgIpc) is 2.70. The van der Waals surface area contributed by atoms with E-state index in [0.717, 1.165) is 47.3 Å². The SMILES string of the molecule is C=C(C)c1ccccc1[Si]c1ccc(OCCC)c(OCCC)c1OCCC. The number of allylic oxidation sites excluding steroid dienone is 1. The third-order valence-corrected chi connectivity index (χ3v) is 5.46. The lowest BCUT2D eigenvalue weighted by Gasteiger charge is -2.20. The van der Waals surface area contributed by atoms with Crippen molar-refractivity contribution in [3.8, 4) is 17.2 Å². The second-order valence-electron chi connectivity index (χ2n) is 6.77. The molecule has 4 heteroatoms. The molecule has 0 aliphatic heterocycles. The Morgan fingerprint density at radius 3 is 2.04 bits per heavy atom. The molecule has 0 saturated carbocycles. The van der Waals surface area contributed by atoms with Gasteiger partial charge in [0.25, 0.3) is 0 Å². The molecule has 0 saturated heterocycles. The lowest BCUT2D eigenvalue weighted by Crippen LogP contribution is -2.31. The fourth-order valence-electron chi connectivity index (χ4n) is 2.77. The molecule has 2 rings (SSSR count). The minimum absolute atomic E-state index is 0.457. The highest BCUT2D eigenvalue weighted by Gasteiger charge is 2.19. The molecule has 2 aromatic carbocycles. The minimum atomic E-state index is 0.457.